The van der Waals surface area contributed by atoms with Crippen LogP contribution in [0.2, 0.25) is 0 Å². The Morgan fingerprint density at radius 2 is 0.843 bits per heavy atom. The molecule has 0 radical (unpaired) electrons. The minimum Gasteiger partial charge on any atom is -0.342 e. The van der Waals surface area contributed by atoms with Crippen molar-refractivity contribution in [3.05, 3.63) is 239 Å². The fraction of sp³-hybridized carbons (Fsp3) is 0.286. The number of aromatic nitrogens is 1. The summed E-state index contributed by atoms with van der Waals surface area (Å²) in [6.07, 6.45) is 0. The lowest BCUT2D eigenvalue weighted by Crippen LogP contribution is -2.61. The zero-order valence-electron chi connectivity index (χ0n) is 55.9. The van der Waals surface area contributed by atoms with Crippen molar-refractivity contribution in [1.82, 2.24) is 4.57 Å². The van der Waals surface area contributed by atoms with Gasteiger partial charge in [-0.3, -0.25) is 0 Å². The van der Waals surface area contributed by atoms with Crippen LogP contribution in [-0.2, 0) is 39.5 Å². The number of aryl methyl sites for hydroxylation is 1. The molecule has 0 saturated heterocycles. The molecule has 0 spiro atoms. The van der Waals surface area contributed by atoms with Crippen LogP contribution in [0.15, 0.2) is 200 Å². The van der Waals surface area contributed by atoms with Gasteiger partial charge in [-0.15, -0.1) is 0 Å². The molecule has 0 bridgehead atoms. The van der Waals surface area contributed by atoms with E-state index in [9.17, 15) is 0 Å². The van der Waals surface area contributed by atoms with Gasteiger partial charge in [-0.25, -0.2) is 0 Å². The second kappa shape index (κ2) is 20.0. The molecule has 0 atom stereocenters. The third kappa shape index (κ3) is 9.38. The molecule has 446 valence electrons. The molecule has 0 unspecified atom stereocenters. The SMILES string of the molecule is Cn1c2ccccc2c2c(N3c4ccc(C(C)(C)C)cc4B4c5cc(C(C)(C)C)ccc5N(c5ccc(C(C)(C)C)cc5)c5cc(-c6ccc7c(c6)-c6ccccc6C7(C)C)cc3c54)ccc(N(c3ccc(C(C)(C)C)cc3)c3ccc(C(C)(C)C)cc3)c21. The highest BCUT2D eigenvalue weighted by atomic mass is 15.2. The van der Waals surface area contributed by atoms with Crippen molar-refractivity contribution in [2.24, 2.45) is 7.05 Å². The maximum Gasteiger partial charge on any atom is 0.252 e. The summed E-state index contributed by atoms with van der Waals surface area (Å²) in [4.78, 5) is 7.80. The van der Waals surface area contributed by atoms with Gasteiger partial charge in [-0.05, 0) is 190 Å². The molecule has 3 heterocycles. The van der Waals surface area contributed by atoms with E-state index in [0.717, 1.165) is 28.4 Å². The standard InChI is InChI=1S/C84H87BN4/c1-79(2,3)54-28-36-59(37-29-54)87(60-38-30-55(31-39-60)80(4,5)6)73-46-45-72(76-63-24-20-22-26-69(63)86(18)78(73)76)89-71-44-35-58(83(13,14)15)51-68(71)85-67-50-57(82(10,11)12)34-43-70(67)88(61-40-32-56(33-41-61)81(7,8)9)74-48-53(49-75(89)77(74)85)52-27-42-66-64(47-52)62-23-19-21-25-65(62)84(66,16)17/h19-51H,1-18H3. The number of hydrogen-bond donors (Lipinski definition) is 0. The van der Waals surface area contributed by atoms with Crippen molar-refractivity contribution < 1.29 is 0 Å². The Balaban J connectivity index is 1.11. The number of benzene rings is 10. The molecule has 3 aliphatic rings. The first-order valence-corrected chi connectivity index (χ1v) is 32.4. The Hall–Kier alpha value is -8.54. The Labute approximate surface area is 531 Å². The van der Waals surface area contributed by atoms with Gasteiger partial charge in [-0.1, -0.05) is 233 Å². The molecular weight excluding hydrogens is 1080 g/mol. The van der Waals surface area contributed by atoms with E-state index in [0.29, 0.717) is 0 Å². The first kappa shape index (κ1) is 58.2. The first-order chi connectivity index (χ1) is 42.0. The molecule has 14 rings (SSSR count). The first-order valence-electron chi connectivity index (χ1n) is 32.4. The van der Waals surface area contributed by atoms with Crippen LogP contribution in [0, 0.1) is 0 Å². The molecule has 0 N–H and O–H groups in total. The highest BCUT2D eigenvalue weighted by molar-refractivity contribution is 7.00. The van der Waals surface area contributed by atoms with Crippen molar-refractivity contribution in [3.63, 3.8) is 0 Å². The Morgan fingerprint density at radius 1 is 0.382 bits per heavy atom. The molecule has 10 aromatic carbocycles. The summed E-state index contributed by atoms with van der Waals surface area (Å²) >= 11 is 0. The van der Waals surface area contributed by atoms with Gasteiger partial charge in [-0.2, -0.15) is 0 Å². The maximum absolute atomic E-state index is 2.69. The summed E-state index contributed by atoms with van der Waals surface area (Å²) in [5.41, 5.74) is 30.9. The number of fused-ring (bicyclic) bond motifs is 10. The van der Waals surface area contributed by atoms with Gasteiger partial charge in [0.15, 0.2) is 0 Å². The van der Waals surface area contributed by atoms with Gasteiger partial charge in [0.1, 0.15) is 0 Å². The summed E-state index contributed by atoms with van der Waals surface area (Å²) in [7, 11) is 2.28. The average Bonchev–Trinajstić information content (AvgIpc) is 0.994. The number of nitrogens with zero attached hydrogens (tertiary/aromatic N) is 4. The minimum absolute atomic E-state index is 0.00408. The van der Waals surface area contributed by atoms with Crippen molar-refractivity contribution >= 4 is 96.1 Å². The second-order valence-electron chi connectivity index (χ2n) is 31.6. The monoisotopic (exact) mass is 1160 g/mol. The van der Waals surface area contributed by atoms with E-state index in [-0.39, 0.29) is 39.2 Å². The van der Waals surface area contributed by atoms with Crippen molar-refractivity contribution in [3.8, 4) is 22.3 Å². The Morgan fingerprint density at radius 3 is 1.39 bits per heavy atom. The van der Waals surface area contributed by atoms with Gasteiger partial charge < -0.3 is 19.3 Å². The molecular formula is C84H87BN4. The molecule has 0 amide bonds. The van der Waals surface area contributed by atoms with E-state index in [1.165, 1.54) is 122 Å². The van der Waals surface area contributed by atoms with Gasteiger partial charge in [0.2, 0.25) is 0 Å². The largest absolute Gasteiger partial charge is 0.342 e. The van der Waals surface area contributed by atoms with E-state index in [2.05, 4.69) is 344 Å². The van der Waals surface area contributed by atoms with Gasteiger partial charge in [0.25, 0.3) is 6.71 Å². The molecule has 5 heteroatoms. The van der Waals surface area contributed by atoms with E-state index >= 15 is 0 Å². The van der Waals surface area contributed by atoms with E-state index in [4.69, 9.17) is 0 Å². The van der Waals surface area contributed by atoms with Crippen molar-refractivity contribution in [1.29, 1.82) is 0 Å². The zero-order chi connectivity index (χ0) is 62.8. The third-order valence-corrected chi connectivity index (χ3v) is 20.2. The molecule has 1 aliphatic carbocycles. The van der Waals surface area contributed by atoms with Crippen LogP contribution in [0.1, 0.15) is 157 Å². The molecule has 2 aliphatic heterocycles. The smallest absolute Gasteiger partial charge is 0.252 e. The minimum atomic E-state index is -0.116. The normalized spacial score (nSPS) is 14.4. The third-order valence-electron chi connectivity index (χ3n) is 20.2. The van der Waals surface area contributed by atoms with Crippen LogP contribution in [0.4, 0.5) is 51.2 Å². The predicted molar refractivity (Wildman–Crippen MR) is 386 cm³/mol. The van der Waals surface area contributed by atoms with Crippen LogP contribution < -0.4 is 31.1 Å². The predicted octanol–water partition coefficient (Wildman–Crippen LogP) is 21.3. The van der Waals surface area contributed by atoms with Gasteiger partial charge >= 0.3 is 0 Å². The maximum atomic E-state index is 2.69. The van der Waals surface area contributed by atoms with Gasteiger partial charge in [0, 0.05) is 68.6 Å². The Bertz CT molecular complexity index is 4600. The van der Waals surface area contributed by atoms with Crippen LogP contribution in [0.5, 0.6) is 0 Å². The molecule has 11 aromatic rings. The number of rotatable bonds is 6. The molecule has 1 aromatic heterocycles. The van der Waals surface area contributed by atoms with E-state index < -0.39 is 0 Å². The number of para-hydroxylation sites is 1. The van der Waals surface area contributed by atoms with Crippen LogP contribution >= 0.6 is 0 Å². The van der Waals surface area contributed by atoms with Crippen molar-refractivity contribution in [2.75, 3.05) is 14.7 Å². The summed E-state index contributed by atoms with van der Waals surface area (Å²) in [6.45, 7) is 39.6. The van der Waals surface area contributed by atoms with Gasteiger partial charge in [0.05, 0.1) is 16.9 Å². The zero-order valence-corrected chi connectivity index (χ0v) is 55.9. The summed E-state index contributed by atoms with van der Waals surface area (Å²) in [5, 5.41) is 2.43. The topological polar surface area (TPSA) is 14.7 Å². The fourth-order valence-electron chi connectivity index (χ4n) is 14.9. The molecule has 89 heavy (non-hydrogen) atoms. The number of hydrogen-bond acceptors (Lipinski definition) is 3. The lowest BCUT2D eigenvalue weighted by atomic mass is 9.33. The van der Waals surface area contributed by atoms with Crippen molar-refractivity contribution in [2.45, 2.75) is 150 Å². The highest BCUT2D eigenvalue weighted by Crippen LogP contribution is 2.54. The fourth-order valence-corrected chi connectivity index (χ4v) is 14.9. The van der Waals surface area contributed by atoms with E-state index in [1.54, 1.807) is 0 Å². The second-order valence-corrected chi connectivity index (χ2v) is 31.6. The van der Waals surface area contributed by atoms with E-state index in [1.807, 2.05) is 0 Å². The Kier molecular flexibility index (Phi) is 13.1. The summed E-state index contributed by atoms with van der Waals surface area (Å²) in [6, 6.07) is 78.4. The van der Waals surface area contributed by atoms with Crippen LogP contribution in [-0.4, -0.2) is 11.3 Å². The highest BCUT2D eigenvalue weighted by Gasteiger charge is 2.46. The molecule has 0 fully saturated rings. The number of anilines is 9. The molecule has 0 saturated carbocycles. The van der Waals surface area contributed by atoms with Crippen LogP contribution in [0.25, 0.3) is 44.1 Å². The van der Waals surface area contributed by atoms with Crippen LogP contribution in [0.3, 0.4) is 0 Å². The lowest BCUT2D eigenvalue weighted by molar-refractivity contribution is 0.590. The lowest BCUT2D eigenvalue weighted by Gasteiger charge is -2.45. The molecule has 4 nitrogen and oxygen atoms in total. The quantitative estimate of drug-likeness (QED) is 0.154. The summed E-state index contributed by atoms with van der Waals surface area (Å²) < 4.78 is 2.46. The summed E-state index contributed by atoms with van der Waals surface area (Å²) in [5.74, 6) is 0. The average molecular weight is 1160 g/mol.